The lowest BCUT2D eigenvalue weighted by molar-refractivity contribution is 0.0951. The summed E-state index contributed by atoms with van der Waals surface area (Å²) in [6.07, 6.45) is 2.49. The molecule has 1 atom stereocenters. The molecule has 150 valence electrons. The zero-order valence-electron chi connectivity index (χ0n) is 16.8. The molecule has 1 fully saturated rings. The van der Waals surface area contributed by atoms with Gasteiger partial charge >= 0.3 is 0 Å². The van der Waals surface area contributed by atoms with Crippen LogP contribution in [0.3, 0.4) is 0 Å². The number of nitrogens with one attached hydrogen (secondary N) is 3. The van der Waals surface area contributed by atoms with Gasteiger partial charge in [0.1, 0.15) is 0 Å². The van der Waals surface area contributed by atoms with Gasteiger partial charge in [0, 0.05) is 38.3 Å². The van der Waals surface area contributed by atoms with E-state index < -0.39 is 0 Å². The number of guanidine groups is 1. The van der Waals surface area contributed by atoms with Crippen molar-refractivity contribution in [2.24, 2.45) is 4.99 Å². The summed E-state index contributed by atoms with van der Waals surface area (Å²) in [4.78, 5) is 18.9. The number of nitrogens with zero attached hydrogens (tertiary/aromatic N) is 2. The number of hydrogen-bond acceptors (Lipinski definition) is 4. The van der Waals surface area contributed by atoms with Gasteiger partial charge in [-0.1, -0.05) is 12.1 Å². The van der Waals surface area contributed by atoms with Crippen LogP contribution in [-0.4, -0.2) is 69.8 Å². The molecule has 7 heteroatoms. The number of rotatable bonds is 9. The second-order valence-corrected chi connectivity index (χ2v) is 6.97. The Hall–Kier alpha value is -2.12. The summed E-state index contributed by atoms with van der Waals surface area (Å²) in [5.41, 5.74) is 1.67. The molecule has 1 saturated heterocycles. The van der Waals surface area contributed by atoms with Crippen LogP contribution in [0, 0.1) is 0 Å². The second kappa shape index (κ2) is 11.6. The summed E-state index contributed by atoms with van der Waals surface area (Å²) in [5.74, 6) is 0.722. The molecular formula is C20H33N5O2. The van der Waals surface area contributed by atoms with Crippen molar-refractivity contribution in [1.82, 2.24) is 20.9 Å². The highest BCUT2D eigenvalue weighted by Crippen LogP contribution is 2.10. The van der Waals surface area contributed by atoms with Gasteiger partial charge in [-0.05, 0) is 51.6 Å². The Morgan fingerprint density at radius 3 is 2.85 bits per heavy atom. The maximum atomic E-state index is 12.3. The van der Waals surface area contributed by atoms with Crippen molar-refractivity contribution in [2.75, 3.05) is 46.9 Å². The Balaban J connectivity index is 1.89. The Bertz CT molecular complexity index is 612. The smallest absolute Gasteiger partial charge is 0.251 e. The molecular weight excluding hydrogens is 342 g/mol. The normalized spacial score (nSPS) is 17.2. The van der Waals surface area contributed by atoms with Gasteiger partial charge in [-0.2, -0.15) is 0 Å². The monoisotopic (exact) mass is 375 g/mol. The van der Waals surface area contributed by atoms with Gasteiger partial charge in [0.25, 0.3) is 5.91 Å². The van der Waals surface area contributed by atoms with Crippen LogP contribution in [0.25, 0.3) is 0 Å². The lowest BCUT2D eigenvalue weighted by Gasteiger charge is -2.15. The first-order valence-electron chi connectivity index (χ1n) is 9.74. The SMILES string of the molecule is CCNC(=NCc1cccc(C(=O)NCCN(C)C)c1)NCC1CCCO1. The van der Waals surface area contributed by atoms with E-state index in [0.717, 1.165) is 50.6 Å². The van der Waals surface area contributed by atoms with E-state index in [1.807, 2.05) is 50.2 Å². The number of carbonyl (C=O) groups is 1. The van der Waals surface area contributed by atoms with Crippen molar-refractivity contribution in [3.05, 3.63) is 35.4 Å². The van der Waals surface area contributed by atoms with Crippen LogP contribution in [0.1, 0.15) is 35.7 Å². The van der Waals surface area contributed by atoms with Crippen LogP contribution in [-0.2, 0) is 11.3 Å². The van der Waals surface area contributed by atoms with Gasteiger partial charge in [0.15, 0.2) is 5.96 Å². The van der Waals surface area contributed by atoms with Gasteiger partial charge in [0.2, 0.25) is 0 Å². The highest BCUT2D eigenvalue weighted by molar-refractivity contribution is 5.94. The zero-order valence-corrected chi connectivity index (χ0v) is 16.8. The molecule has 0 saturated carbocycles. The predicted molar refractivity (Wildman–Crippen MR) is 109 cm³/mol. The van der Waals surface area contributed by atoms with E-state index in [1.165, 1.54) is 0 Å². The highest BCUT2D eigenvalue weighted by Gasteiger charge is 2.15. The summed E-state index contributed by atoms with van der Waals surface area (Å²) in [7, 11) is 3.97. The average molecular weight is 376 g/mol. The van der Waals surface area contributed by atoms with E-state index >= 15 is 0 Å². The number of likely N-dealkylation sites (N-methyl/N-ethyl adjacent to an activating group) is 1. The molecule has 1 aliphatic rings. The van der Waals surface area contributed by atoms with Crippen LogP contribution in [0.15, 0.2) is 29.3 Å². The Morgan fingerprint density at radius 1 is 1.30 bits per heavy atom. The molecule has 1 heterocycles. The zero-order chi connectivity index (χ0) is 19.5. The summed E-state index contributed by atoms with van der Waals surface area (Å²) in [5, 5.41) is 9.53. The minimum atomic E-state index is -0.0499. The Labute approximate surface area is 162 Å². The van der Waals surface area contributed by atoms with E-state index in [1.54, 1.807) is 0 Å². The van der Waals surface area contributed by atoms with E-state index in [4.69, 9.17) is 4.74 Å². The lowest BCUT2D eigenvalue weighted by atomic mass is 10.1. The number of ether oxygens (including phenoxy) is 1. The first-order valence-corrected chi connectivity index (χ1v) is 9.74. The van der Waals surface area contributed by atoms with Crippen LogP contribution >= 0.6 is 0 Å². The van der Waals surface area contributed by atoms with Crippen LogP contribution in [0.5, 0.6) is 0 Å². The first-order chi connectivity index (χ1) is 13.1. The second-order valence-electron chi connectivity index (χ2n) is 6.97. The largest absolute Gasteiger partial charge is 0.376 e. The van der Waals surface area contributed by atoms with E-state index in [0.29, 0.717) is 18.7 Å². The van der Waals surface area contributed by atoms with Crippen LogP contribution in [0.2, 0.25) is 0 Å². The Kier molecular flexibility index (Phi) is 9.07. The summed E-state index contributed by atoms with van der Waals surface area (Å²) in [6, 6.07) is 7.62. The van der Waals surface area contributed by atoms with E-state index in [2.05, 4.69) is 20.9 Å². The first kappa shape index (κ1) is 21.2. The highest BCUT2D eigenvalue weighted by atomic mass is 16.5. The minimum Gasteiger partial charge on any atom is -0.376 e. The van der Waals surface area contributed by atoms with Crippen molar-refractivity contribution in [3.63, 3.8) is 0 Å². The molecule has 1 aromatic carbocycles. The van der Waals surface area contributed by atoms with E-state index in [-0.39, 0.29) is 12.0 Å². The van der Waals surface area contributed by atoms with Gasteiger partial charge in [-0.15, -0.1) is 0 Å². The molecule has 2 rings (SSSR count). The van der Waals surface area contributed by atoms with E-state index in [9.17, 15) is 4.79 Å². The molecule has 1 aliphatic heterocycles. The van der Waals surface area contributed by atoms with Crippen molar-refractivity contribution in [1.29, 1.82) is 0 Å². The average Bonchev–Trinajstić information content (AvgIpc) is 3.17. The molecule has 0 aromatic heterocycles. The summed E-state index contributed by atoms with van der Waals surface area (Å²) in [6.45, 7) is 6.42. The van der Waals surface area contributed by atoms with Crippen LogP contribution < -0.4 is 16.0 Å². The number of hydrogen-bond donors (Lipinski definition) is 3. The maximum absolute atomic E-state index is 12.3. The molecule has 3 N–H and O–H groups in total. The molecule has 1 amide bonds. The number of amides is 1. The topological polar surface area (TPSA) is 78.0 Å². The molecule has 0 bridgehead atoms. The fourth-order valence-electron chi connectivity index (χ4n) is 2.83. The van der Waals surface area contributed by atoms with Gasteiger partial charge in [-0.3, -0.25) is 4.79 Å². The molecule has 1 unspecified atom stereocenters. The summed E-state index contributed by atoms with van der Waals surface area (Å²) < 4.78 is 5.64. The third-order valence-corrected chi connectivity index (χ3v) is 4.32. The number of carbonyl (C=O) groups excluding carboxylic acids is 1. The molecule has 27 heavy (non-hydrogen) atoms. The fraction of sp³-hybridized carbons (Fsp3) is 0.600. The molecule has 0 radical (unpaired) electrons. The molecule has 1 aromatic rings. The summed E-state index contributed by atoms with van der Waals surface area (Å²) >= 11 is 0. The molecule has 0 aliphatic carbocycles. The lowest BCUT2D eigenvalue weighted by Crippen LogP contribution is -2.41. The third kappa shape index (κ3) is 7.97. The van der Waals surface area contributed by atoms with Crippen molar-refractivity contribution >= 4 is 11.9 Å². The van der Waals surface area contributed by atoms with Crippen molar-refractivity contribution < 1.29 is 9.53 Å². The van der Waals surface area contributed by atoms with Gasteiger partial charge < -0.3 is 25.6 Å². The van der Waals surface area contributed by atoms with Crippen molar-refractivity contribution in [3.8, 4) is 0 Å². The molecule has 0 spiro atoms. The van der Waals surface area contributed by atoms with Crippen molar-refractivity contribution in [2.45, 2.75) is 32.4 Å². The van der Waals surface area contributed by atoms with Gasteiger partial charge in [-0.25, -0.2) is 4.99 Å². The number of aliphatic imine (C=N–C) groups is 1. The van der Waals surface area contributed by atoms with Crippen LogP contribution in [0.4, 0.5) is 0 Å². The fourth-order valence-corrected chi connectivity index (χ4v) is 2.83. The standard InChI is InChI=1S/C20H33N5O2/c1-4-21-20(24-15-18-9-6-12-27-18)23-14-16-7-5-8-17(13-16)19(26)22-10-11-25(2)3/h5,7-8,13,18H,4,6,9-12,14-15H2,1-3H3,(H,22,26)(H2,21,23,24). The Morgan fingerprint density at radius 2 is 2.15 bits per heavy atom. The minimum absolute atomic E-state index is 0.0499. The maximum Gasteiger partial charge on any atom is 0.251 e. The molecule has 7 nitrogen and oxygen atoms in total. The quantitative estimate of drug-likeness (QED) is 0.447. The predicted octanol–water partition coefficient (Wildman–Crippen LogP) is 1.21. The third-order valence-electron chi connectivity index (χ3n) is 4.32. The number of benzene rings is 1. The van der Waals surface area contributed by atoms with Gasteiger partial charge in [0.05, 0.1) is 12.6 Å².